The molecule has 0 unspecified atom stereocenters. The van der Waals surface area contributed by atoms with Gasteiger partial charge in [-0.25, -0.2) is 0 Å². The van der Waals surface area contributed by atoms with E-state index in [1.807, 2.05) is 38.1 Å². The number of aliphatic hydroxyl groups is 4. The van der Waals surface area contributed by atoms with Gasteiger partial charge in [0.05, 0.1) is 13.2 Å². The zero-order valence-corrected chi connectivity index (χ0v) is 12.8. The van der Waals surface area contributed by atoms with Crippen LogP contribution in [0.3, 0.4) is 0 Å². The smallest absolute Gasteiger partial charge is 0.186 e. The van der Waals surface area contributed by atoms with Gasteiger partial charge in [-0.1, -0.05) is 36.8 Å². The molecule has 0 aliphatic carbocycles. The number of benzene rings is 1. The molecule has 1 aromatic rings. The molecule has 1 aliphatic heterocycles. The van der Waals surface area contributed by atoms with Crippen LogP contribution in [-0.2, 0) is 9.47 Å². The minimum atomic E-state index is -1.41. The summed E-state index contributed by atoms with van der Waals surface area (Å²) >= 11 is 0. The molecule has 0 aromatic heterocycles. The van der Waals surface area contributed by atoms with Gasteiger partial charge in [0.2, 0.25) is 0 Å². The highest BCUT2D eigenvalue weighted by Gasteiger charge is 2.44. The van der Waals surface area contributed by atoms with Crippen LogP contribution in [0.2, 0.25) is 0 Å². The van der Waals surface area contributed by atoms with E-state index in [9.17, 15) is 15.3 Å². The van der Waals surface area contributed by atoms with E-state index in [0.29, 0.717) is 0 Å². The second-order valence-electron chi connectivity index (χ2n) is 5.84. The Hall–Kier alpha value is -1.02. The lowest BCUT2D eigenvalue weighted by molar-refractivity contribution is -0.301. The lowest BCUT2D eigenvalue weighted by Crippen LogP contribution is -2.59. The molecule has 0 bridgehead atoms. The molecule has 0 spiro atoms. The number of hydrogen-bond donors (Lipinski definition) is 4. The first-order valence-electron chi connectivity index (χ1n) is 7.42. The van der Waals surface area contributed by atoms with Crippen LogP contribution >= 0.6 is 0 Å². The van der Waals surface area contributed by atoms with Gasteiger partial charge in [-0.2, -0.15) is 0 Å². The molecule has 1 saturated heterocycles. The topological polar surface area (TPSA) is 99.4 Å². The first kappa shape index (κ1) is 17.3. The van der Waals surface area contributed by atoms with Crippen LogP contribution in [0.1, 0.15) is 24.0 Å². The van der Waals surface area contributed by atoms with Crippen molar-refractivity contribution < 1.29 is 29.9 Å². The van der Waals surface area contributed by atoms with E-state index in [0.717, 1.165) is 5.56 Å². The lowest BCUT2D eigenvalue weighted by atomic mass is 9.99. The minimum absolute atomic E-state index is 0.0768. The van der Waals surface area contributed by atoms with Gasteiger partial charge in [-0.3, -0.25) is 0 Å². The average molecular weight is 312 g/mol. The van der Waals surface area contributed by atoms with E-state index < -0.39 is 37.3 Å². The summed E-state index contributed by atoms with van der Waals surface area (Å²) in [5, 5.41) is 38.4. The number of aryl methyl sites for hydroxylation is 1. The van der Waals surface area contributed by atoms with Gasteiger partial charge in [-0.05, 0) is 12.5 Å². The molecule has 0 radical (unpaired) electrons. The molecule has 0 saturated carbocycles. The van der Waals surface area contributed by atoms with Gasteiger partial charge in [0.15, 0.2) is 6.29 Å². The fourth-order valence-electron chi connectivity index (χ4n) is 2.44. The van der Waals surface area contributed by atoms with Crippen LogP contribution in [0.15, 0.2) is 24.3 Å². The van der Waals surface area contributed by atoms with E-state index in [2.05, 4.69) is 0 Å². The molecule has 4 N–H and O–H groups in total. The van der Waals surface area contributed by atoms with E-state index in [1.165, 1.54) is 5.56 Å². The van der Waals surface area contributed by atoms with Crippen LogP contribution in [-0.4, -0.2) is 64.3 Å². The quantitative estimate of drug-likeness (QED) is 0.607. The summed E-state index contributed by atoms with van der Waals surface area (Å²) in [6.45, 7) is 3.82. The van der Waals surface area contributed by atoms with Crippen molar-refractivity contribution in [3.8, 4) is 0 Å². The maximum Gasteiger partial charge on any atom is 0.186 e. The van der Waals surface area contributed by atoms with Gasteiger partial charge in [0.25, 0.3) is 0 Å². The van der Waals surface area contributed by atoms with Gasteiger partial charge < -0.3 is 29.9 Å². The monoisotopic (exact) mass is 312 g/mol. The fraction of sp³-hybridized carbons (Fsp3) is 0.625. The number of hydrogen-bond acceptors (Lipinski definition) is 6. The Morgan fingerprint density at radius 3 is 2.32 bits per heavy atom. The summed E-state index contributed by atoms with van der Waals surface area (Å²) in [5.41, 5.74) is 2.26. The summed E-state index contributed by atoms with van der Waals surface area (Å²) in [6.07, 6.45) is -6.16. The van der Waals surface area contributed by atoms with E-state index in [4.69, 9.17) is 14.6 Å². The van der Waals surface area contributed by atoms with E-state index in [1.54, 1.807) is 0 Å². The highest BCUT2D eigenvalue weighted by atomic mass is 16.7. The summed E-state index contributed by atoms with van der Waals surface area (Å²) in [7, 11) is 0. The van der Waals surface area contributed by atoms with Crippen LogP contribution < -0.4 is 0 Å². The molecule has 22 heavy (non-hydrogen) atoms. The number of aliphatic hydroxyl groups excluding tert-OH is 4. The molecule has 1 heterocycles. The number of ether oxygens (including phenoxy) is 2. The molecule has 2 rings (SSSR count). The molecule has 1 aromatic carbocycles. The third-order valence-corrected chi connectivity index (χ3v) is 4.01. The Balaban J connectivity index is 1.93. The highest BCUT2D eigenvalue weighted by Crippen LogP contribution is 2.24. The van der Waals surface area contributed by atoms with Crippen molar-refractivity contribution in [1.29, 1.82) is 0 Å². The Kier molecular flexibility index (Phi) is 5.91. The molecule has 1 fully saturated rings. The third kappa shape index (κ3) is 3.84. The normalized spacial score (nSPS) is 33.6. The lowest BCUT2D eigenvalue weighted by Gasteiger charge is -2.39. The van der Waals surface area contributed by atoms with Crippen molar-refractivity contribution in [3.63, 3.8) is 0 Å². The maximum atomic E-state index is 9.90. The zero-order valence-electron chi connectivity index (χ0n) is 12.8. The van der Waals surface area contributed by atoms with Crippen LogP contribution in [0.5, 0.6) is 0 Å². The summed E-state index contributed by atoms with van der Waals surface area (Å²) in [5.74, 6) is 0.0768. The Labute approximate surface area is 129 Å². The maximum absolute atomic E-state index is 9.90. The van der Waals surface area contributed by atoms with Gasteiger partial charge in [-0.15, -0.1) is 0 Å². The predicted octanol–water partition coefficient (Wildman–Crippen LogP) is -0.0850. The second kappa shape index (κ2) is 7.50. The van der Waals surface area contributed by atoms with Crippen molar-refractivity contribution >= 4 is 0 Å². The third-order valence-electron chi connectivity index (χ3n) is 4.01. The summed E-state index contributed by atoms with van der Waals surface area (Å²) in [4.78, 5) is 0. The van der Waals surface area contributed by atoms with Crippen LogP contribution in [0, 0.1) is 6.92 Å². The van der Waals surface area contributed by atoms with Crippen molar-refractivity contribution in [3.05, 3.63) is 35.4 Å². The highest BCUT2D eigenvalue weighted by molar-refractivity contribution is 5.24. The molecule has 6 atom stereocenters. The zero-order chi connectivity index (χ0) is 16.3. The fourth-order valence-corrected chi connectivity index (χ4v) is 2.44. The van der Waals surface area contributed by atoms with Gasteiger partial charge >= 0.3 is 0 Å². The van der Waals surface area contributed by atoms with E-state index >= 15 is 0 Å². The van der Waals surface area contributed by atoms with Crippen molar-refractivity contribution in [2.45, 2.75) is 50.5 Å². The largest absolute Gasteiger partial charge is 0.394 e. The average Bonchev–Trinajstić information content (AvgIpc) is 2.52. The van der Waals surface area contributed by atoms with Crippen molar-refractivity contribution in [2.75, 3.05) is 13.2 Å². The predicted molar refractivity (Wildman–Crippen MR) is 79.3 cm³/mol. The van der Waals surface area contributed by atoms with Crippen LogP contribution in [0.4, 0.5) is 0 Å². The standard InChI is InChI=1S/C16H24O6/c1-9-3-5-11(6-4-9)10(2)8-21-16-15(20)14(19)13(18)12(7-17)22-16/h3-6,10,12-20H,7-8H2,1-2H3/t10-,12+,13+,14-,15+,16+/m0/s1. The van der Waals surface area contributed by atoms with Crippen molar-refractivity contribution in [1.82, 2.24) is 0 Å². The second-order valence-corrected chi connectivity index (χ2v) is 5.84. The molecule has 0 amide bonds. The molecule has 124 valence electrons. The SMILES string of the molecule is Cc1ccc([C@@H](C)CO[C@@H]2O[C@H](CO)[C@@H](O)[C@H](O)[C@H]2O)cc1. The van der Waals surface area contributed by atoms with Gasteiger partial charge in [0, 0.05) is 5.92 Å². The Morgan fingerprint density at radius 2 is 1.73 bits per heavy atom. The first-order chi connectivity index (χ1) is 10.4. The molecule has 1 aliphatic rings. The van der Waals surface area contributed by atoms with Crippen LogP contribution in [0.25, 0.3) is 0 Å². The van der Waals surface area contributed by atoms with E-state index in [-0.39, 0.29) is 12.5 Å². The first-order valence-corrected chi connectivity index (χ1v) is 7.42. The van der Waals surface area contributed by atoms with Gasteiger partial charge in [0.1, 0.15) is 24.4 Å². The molecule has 6 nitrogen and oxygen atoms in total. The number of rotatable bonds is 5. The van der Waals surface area contributed by atoms with Crippen molar-refractivity contribution in [2.24, 2.45) is 0 Å². The Bertz CT molecular complexity index is 460. The molecular weight excluding hydrogens is 288 g/mol. The molecule has 6 heteroatoms. The molecular formula is C16H24O6. The summed E-state index contributed by atoms with van der Waals surface area (Å²) in [6, 6.07) is 8.05. The Morgan fingerprint density at radius 1 is 1.09 bits per heavy atom. The minimum Gasteiger partial charge on any atom is -0.394 e. The summed E-state index contributed by atoms with van der Waals surface area (Å²) < 4.78 is 10.8.